The molecule has 0 unspecified atom stereocenters. The van der Waals surface area contributed by atoms with Crippen LogP contribution >= 0.6 is 0 Å². The molecule has 152 valence electrons. The van der Waals surface area contributed by atoms with Crippen LogP contribution in [0.2, 0.25) is 0 Å². The maximum Gasteiger partial charge on any atom is 0.243 e. The maximum atomic E-state index is 12.8. The van der Waals surface area contributed by atoms with E-state index < -0.39 is 16.1 Å². The normalized spacial score (nSPS) is 13.6. The van der Waals surface area contributed by atoms with Crippen LogP contribution in [0.5, 0.6) is 0 Å². The molecule has 0 radical (unpaired) electrons. The monoisotopic (exact) mass is 402 g/mol. The third kappa shape index (κ3) is 5.83. The van der Waals surface area contributed by atoms with E-state index in [2.05, 4.69) is 17.4 Å². The Bertz CT molecular complexity index is 911. The van der Waals surface area contributed by atoms with Crippen LogP contribution < -0.4 is 9.62 Å². The minimum atomic E-state index is -3.62. The third-order valence-corrected chi connectivity index (χ3v) is 6.02. The Labute approximate surface area is 168 Å². The molecular weight excluding hydrogens is 372 g/mol. The number of rotatable bonds is 8. The number of carbonyl (C=O) groups is 1. The quantitative estimate of drug-likeness (QED) is 0.734. The number of aryl methyl sites for hydroxylation is 3. The van der Waals surface area contributed by atoms with E-state index in [0.717, 1.165) is 30.2 Å². The SMILES string of the molecule is Cc1ccc(C)c(N([C@@H](C)C(=O)N[C@H](C)CCc2ccccc2)S(C)(=O)=O)c1. The van der Waals surface area contributed by atoms with Crippen LogP contribution in [-0.2, 0) is 21.2 Å². The molecule has 2 aromatic carbocycles. The molecule has 0 saturated carbocycles. The molecule has 2 aromatic rings. The molecule has 1 amide bonds. The molecule has 0 aromatic heterocycles. The van der Waals surface area contributed by atoms with E-state index in [0.29, 0.717) is 5.69 Å². The molecule has 2 rings (SSSR count). The predicted molar refractivity (Wildman–Crippen MR) is 115 cm³/mol. The van der Waals surface area contributed by atoms with Crippen LogP contribution in [0.25, 0.3) is 0 Å². The van der Waals surface area contributed by atoms with Gasteiger partial charge in [-0.2, -0.15) is 0 Å². The third-order valence-electron chi connectivity index (χ3n) is 4.79. The number of nitrogens with zero attached hydrogens (tertiary/aromatic N) is 1. The van der Waals surface area contributed by atoms with Crippen LogP contribution in [0.3, 0.4) is 0 Å². The molecular formula is C22H30N2O3S. The van der Waals surface area contributed by atoms with Crippen molar-refractivity contribution in [3.8, 4) is 0 Å². The summed E-state index contributed by atoms with van der Waals surface area (Å²) >= 11 is 0. The van der Waals surface area contributed by atoms with Gasteiger partial charge in [0.1, 0.15) is 6.04 Å². The number of carbonyl (C=O) groups excluding carboxylic acids is 1. The summed E-state index contributed by atoms with van der Waals surface area (Å²) in [5.74, 6) is -0.299. The van der Waals surface area contributed by atoms with Gasteiger partial charge in [-0.3, -0.25) is 9.10 Å². The average molecular weight is 403 g/mol. The summed E-state index contributed by atoms with van der Waals surface area (Å²) < 4.78 is 26.2. The van der Waals surface area contributed by atoms with Gasteiger partial charge in [0.25, 0.3) is 0 Å². The number of sulfonamides is 1. The fourth-order valence-electron chi connectivity index (χ4n) is 3.20. The number of amides is 1. The van der Waals surface area contributed by atoms with Crippen molar-refractivity contribution < 1.29 is 13.2 Å². The van der Waals surface area contributed by atoms with Gasteiger partial charge in [0, 0.05) is 6.04 Å². The molecule has 0 heterocycles. The molecule has 0 aliphatic rings. The van der Waals surface area contributed by atoms with Gasteiger partial charge >= 0.3 is 0 Å². The zero-order valence-corrected chi connectivity index (χ0v) is 18.1. The van der Waals surface area contributed by atoms with Gasteiger partial charge in [-0.15, -0.1) is 0 Å². The highest BCUT2D eigenvalue weighted by Crippen LogP contribution is 2.26. The molecule has 0 saturated heterocycles. The first-order valence-electron chi connectivity index (χ1n) is 9.50. The highest BCUT2D eigenvalue weighted by molar-refractivity contribution is 7.92. The van der Waals surface area contributed by atoms with Gasteiger partial charge in [0.15, 0.2) is 0 Å². The second-order valence-electron chi connectivity index (χ2n) is 7.46. The summed E-state index contributed by atoms with van der Waals surface area (Å²) in [6.07, 6.45) is 2.77. The van der Waals surface area contributed by atoms with Crippen molar-refractivity contribution in [1.29, 1.82) is 0 Å². The molecule has 0 spiro atoms. The van der Waals surface area contributed by atoms with Crippen molar-refractivity contribution in [2.75, 3.05) is 10.6 Å². The topological polar surface area (TPSA) is 66.5 Å². The molecule has 0 aliphatic carbocycles. The van der Waals surface area contributed by atoms with Crippen molar-refractivity contribution in [3.05, 3.63) is 65.2 Å². The van der Waals surface area contributed by atoms with Crippen molar-refractivity contribution >= 4 is 21.6 Å². The second kappa shape index (κ2) is 9.24. The highest BCUT2D eigenvalue weighted by atomic mass is 32.2. The second-order valence-corrected chi connectivity index (χ2v) is 9.32. The molecule has 2 atom stereocenters. The van der Waals surface area contributed by atoms with Crippen LogP contribution in [0.1, 0.15) is 37.0 Å². The standard InChI is InChI=1S/C22H30N2O3S/c1-16-11-12-17(2)21(15-16)24(28(5,26)27)19(4)22(25)23-18(3)13-14-20-9-7-6-8-10-20/h6-12,15,18-19H,13-14H2,1-5H3,(H,23,25)/t18-,19+/m1/s1. The molecule has 0 bridgehead atoms. The average Bonchev–Trinajstić information content (AvgIpc) is 2.62. The fourth-order valence-corrected chi connectivity index (χ4v) is 4.43. The number of benzene rings is 2. The lowest BCUT2D eigenvalue weighted by molar-refractivity contribution is -0.122. The Morgan fingerprint density at radius 1 is 1.07 bits per heavy atom. The van der Waals surface area contributed by atoms with Crippen LogP contribution in [0.4, 0.5) is 5.69 Å². The van der Waals surface area contributed by atoms with E-state index in [1.807, 2.05) is 51.1 Å². The molecule has 6 heteroatoms. The van der Waals surface area contributed by atoms with Gasteiger partial charge in [-0.1, -0.05) is 42.5 Å². The van der Waals surface area contributed by atoms with Gasteiger partial charge in [-0.25, -0.2) is 8.42 Å². The summed E-state index contributed by atoms with van der Waals surface area (Å²) in [7, 11) is -3.62. The maximum absolute atomic E-state index is 12.8. The summed E-state index contributed by atoms with van der Waals surface area (Å²) in [5, 5.41) is 2.96. The van der Waals surface area contributed by atoms with Gasteiger partial charge in [0.2, 0.25) is 15.9 Å². The minimum Gasteiger partial charge on any atom is -0.352 e. The first kappa shape index (κ1) is 22.0. The van der Waals surface area contributed by atoms with Crippen LogP contribution in [0.15, 0.2) is 48.5 Å². The Morgan fingerprint density at radius 2 is 1.71 bits per heavy atom. The van der Waals surface area contributed by atoms with E-state index in [4.69, 9.17) is 0 Å². The molecule has 5 nitrogen and oxygen atoms in total. The molecule has 0 fully saturated rings. The van der Waals surface area contributed by atoms with E-state index in [1.54, 1.807) is 13.0 Å². The van der Waals surface area contributed by atoms with Crippen LogP contribution in [0, 0.1) is 13.8 Å². The molecule has 28 heavy (non-hydrogen) atoms. The predicted octanol–water partition coefficient (Wildman–Crippen LogP) is 3.60. The Kier molecular flexibility index (Phi) is 7.24. The van der Waals surface area contributed by atoms with Gasteiger partial charge in [0.05, 0.1) is 11.9 Å². The largest absolute Gasteiger partial charge is 0.352 e. The van der Waals surface area contributed by atoms with E-state index in [-0.39, 0.29) is 11.9 Å². The summed E-state index contributed by atoms with van der Waals surface area (Å²) in [4.78, 5) is 12.8. The van der Waals surface area contributed by atoms with E-state index >= 15 is 0 Å². The lowest BCUT2D eigenvalue weighted by Gasteiger charge is -2.30. The number of hydrogen-bond donors (Lipinski definition) is 1. The minimum absolute atomic E-state index is 0.0600. The summed E-state index contributed by atoms with van der Waals surface area (Å²) in [5.41, 5.74) is 3.51. The van der Waals surface area contributed by atoms with Crippen molar-refractivity contribution in [2.24, 2.45) is 0 Å². The smallest absolute Gasteiger partial charge is 0.243 e. The van der Waals surface area contributed by atoms with Crippen LogP contribution in [-0.4, -0.2) is 32.7 Å². The Hall–Kier alpha value is -2.34. The lowest BCUT2D eigenvalue weighted by atomic mass is 10.1. The van der Waals surface area contributed by atoms with Gasteiger partial charge in [-0.05, 0) is 63.3 Å². The first-order chi connectivity index (χ1) is 13.1. The highest BCUT2D eigenvalue weighted by Gasteiger charge is 2.30. The number of anilines is 1. The van der Waals surface area contributed by atoms with Gasteiger partial charge < -0.3 is 5.32 Å². The Balaban J connectivity index is 2.12. The summed E-state index contributed by atoms with van der Waals surface area (Å²) in [6.45, 7) is 7.32. The van der Waals surface area contributed by atoms with Crippen molar-refractivity contribution in [3.63, 3.8) is 0 Å². The first-order valence-corrected chi connectivity index (χ1v) is 11.4. The van der Waals surface area contributed by atoms with E-state index in [1.165, 1.54) is 9.87 Å². The zero-order chi connectivity index (χ0) is 20.9. The molecule has 1 N–H and O–H groups in total. The van der Waals surface area contributed by atoms with E-state index in [9.17, 15) is 13.2 Å². The summed E-state index contributed by atoms with van der Waals surface area (Å²) in [6, 6.07) is 14.8. The van der Waals surface area contributed by atoms with Crippen molar-refractivity contribution in [2.45, 2.75) is 52.6 Å². The lowest BCUT2D eigenvalue weighted by Crippen LogP contribution is -2.50. The number of hydrogen-bond acceptors (Lipinski definition) is 3. The van der Waals surface area contributed by atoms with Crippen molar-refractivity contribution in [1.82, 2.24) is 5.32 Å². The Morgan fingerprint density at radius 3 is 2.32 bits per heavy atom. The number of nitrogens with one attached hydrogen (secondary N) is 1. The zero-order valence-electron chi connectivity index (χ0n) is 17.3. The molecule has 0 aliphatic heterocycles. The fraction of sp³-hybridized carbons (Fsp3) is 0.409.